The van der Waals surface area contributed by atoms with Crippen LogP contribution in [0, 0.1) is 0 Å². The summed E-state index contributed by atoms with van der Waals surface area (Å²) in [6, 6.07) is 7.31. The predicted octanol–water partition coefficient (Wildman–Crippen LogP) is 4.64. The molecule has 0 aliphatic rings. The molecule has 0 fully saturated rings. The number of hydrogen-bond donors (Lipinski definition) is 1. The maximum absolute atomic E-state index is 11.6. The molecular formula is C14H20ClNO. The minimum atomic E-state index is 0.0506. The van der Waals surface area contributed by atoms with E-state index in [0.717, 1.165) is 12.8 Å². The topological polar surface area (TPSA) is 29.1 Å². The van der Waals surface area contributed by atoms with Crippen LogP contribution in [0.1, 0.15) is 45.4 Å². The summed E-state index contributed by atoms with van der Waals surface area (Å²) in [5, 5.41) is 3.42. The average molecular weight is 254 g/mol. The average Bonchev–Trinajstić information content (AvgIpc) is 2.32. The van der Waals surface area contributed by atoms with E-state index in [4.69, 9.17) is 11.6 Å². The van der Waals surface area contributed by atoms with Gasteiger partial charge in [-0.3, -0.25) is 4.79 Å². The second kappa shape index (κ2) is 8.13. The van der Waals surface area contributed by atoms with Crippen molar-refractivity contribution in [2.24, 2.45) is 0 Å². The summed E-state index contributed by atoms with van der Waals surface area (Å²) in [4.78, 5) is 11.6. The normalized spacial score (nSPS) is 10.2. The number of rotatable bonds is 7. The lowest BCUT2D eigenvalue weighted by Gasteiger charge is -2.06. The third-order valence-corrected chi connectivity index (χ3v) is 2.98. The Labute approximate surface area is 108 Å². The maximum Gasteiger partial charge on any atom is 0.224 e. The molecule has 0 spiro atoms. The first-order chi connectivity index (χ1) is 8.24. The summed E-state index contributed by atoms with van der Waals surface area (Å²) < 4.78 is 0. The van der Waals surface area contributed by atoms with E-state index in [1.54, 1.807) is 6.07 Å². The van der Waals surface area contributed by atoms with Gasteiger partial charge < -0.3 is 5.32 Å². The largest absolute Gasteiger partial charge is 0.325 e. The first-order valence-corrected chi connectivity index (χ1v) is 6.66. The van der Waals surface area contributed by atoms with Gasteiger partial charge in [-0.05, 0) is 18.6 Å². The fraction of sp³-hybridized carbons (Fsp3) is 0.500. The van der Waals surface area contributed by atoms with Crippen LogP contribution in [-0.2, 0) is 4.79 Å². The van der Waals surface area contributed by atoms with E-state index in [-0.39, 0.29) is 5.91 Å². The van der Waals surface area contributed by atoms with Crippen LogP contribution < -0.4 is 5.32 Å². The monoisotopic (exact) mass is 253 g/mol. The number of benzene rings is 1. The van der Waals surface area contributed by atoms with Crippen molar-refractivity contribution >= 4 is 23.2 Å². The highest BCUT2D eigenvalue weighted by Gasteiger charge is 2.04. The highest BCUT2D eigenvalue weighted by Crippen LogP contribution is 2.20. The van der Waals surface area contributed by atoms with Gasteiger partial charge in [0.05, 0.1) is 10.7 Å². The fourth-order valence-corrected chi connectivity index (χ4v) is 1.85. The van der Waals surface area contributed by atoms with E-state index in [1.165, 1.54) is 19.3 Å². The highest BCUT2D eigenvalue weighted by atomic mass is 35.5. The summed E-state index contributed by atoms with van der Waals surface area (Å²) >= 11 is 5.96. The van der Waals surface area contributed by atoms with Crippen LogP contribution in [-0.4, -0.2) is 5.91 Å². The summed E-state index contributed by atoms with van der Waals surface area (Å²) in [6.45, 7) is 2.18. The molecule has 2 nitrogen and oxygen atoms in total. The molecule has 1 rings (SSSR count). The Morgan fingerprint density at radius 1 is 1.18 bits per heavy atom. The lowest BCUT2D eigenvalue weighted by Crippen LogP contribution is -2.11. The zero-order valence-electron chi connectivity index (χ0n) is 10.3. The van der Waals surface area contributed by atoms with E-state index >= 15 is 0 Å². The summed E-state index contributed by atoms with van der Waals surface area (Å²) in [7, 11) is 0. The number of unbranched alkanes of at least 4 members (excludes halogenated alkanes) is 4. The van der Waals surface area contributed by atoms with Gasteiger partial charge in [-0.15, -0.1) is 0 Å². The third-order valence-electron chi connectivity index (χ3n) is 2.66. The number of halogens is 1. The molecule has 94 valence electrons. The van der Waals surface area contributed by atoms with Crippen LogP contribution in [0.25, 0.3) is 0 Å². The molecule has 0 bridgehead atoms. The first kappa shape index (κ1) is 14.0. The molecule has 1 aromatic rings. The maximum atomic E-state index is 11.6. The van der Waals surface area contributed by atoms with Crippen molar-refractivity contribution in [3.63, 3.8) is 0 Å². The van der Waals surface area contributed by atoms with Gasteiger partial charge in [-0.2, -0.15) is 0 Å². The Kier molecular flexibility index (Phi) is 6.71. The number of hydrogen-bond acceptors (Lipinski definition) is 1. The molecule has 0 aliphatic heterocycles. The molecule has 0 saturated carbocycles. The number of amides is 1. The van der Waals surface area contributed by atoms with Crippen molar-refractivity contribution in [1.82, 2.24) is 0 Å². The molecule has 0 aromatic heterocycles. The van der Waals surface area contributed by atoms with E-state index in [1.807, 2.05) is 18.2 Å². The van der Waals surface area contributed by atoms with Crippen LogP contribution in [0.15, 0.2) is 24.3 Å². The van der Waals surface area contributed by atoms with Crippen LogP contribution in [0.4, 0.5) is 5.69 Å². The smallest absolute Gasteiger partial charge is 0.224 e. The fourth-order valence-electron chi connectivity index (χ4n) is 1.66. The van der Waals surface area contributed by atoms with Gasteiger partial charge in [0.25, 0.3) is 0 Å². The minimum absolute atomic E-state index is 0.0506. The van der Waals surface area contributed by atoms with Crippen LogP contribution >= 0.6 is 11.6 Å². The quantitative estimate of drug-likeness (QED) is 0.705. The molecule has 0 atom stereocenters. The Morgan fingerprint density at radius 3 is 2.59 bits per heavy atom. The number of carbonyl (C=O) groups excluding carboxylic acids is 1. The van der Waals surface area contributed by atoms with E-state index in [9.17, 15) is 4.79 Å². The van der Waals surface area contributed by atoms with Gasteiger partial charge >= 0.3 is 0 Å². The Balaban J connectivity index is 2.23. The molecular weight excluding hydrogens is 234 g/mol. The van der Waals surface area contributed by atoms with Gasteiger partial charge in [0.1, 0.15) is 0 Å². The lowest BCUT2D eigenvalue weighted by molar-refractivity contribution is -0.116. The SMILES string of the molecule is CCCCCCCC(=O)Nc1ccccc1Cl. The number of carbonyl (C=O) groups is 1. The first-order valence-electron chi connectivity index (χ1n) is 6.28. The van der Waals surface area contributed by atoms with Crippen molar-refractivity contribution in [2.45, 2.75) is 45.4 Å². The van der Waals surface area contributed by atoms with E-state index in [2.05, 4.69) is 12.2 Å². The van der Waals surface area contributed by atoms with Crippen LogP contribution in [0.5, 0.6) is 0 Å². The molecule has 1 amide bonds. The molecule has 0 heterocycles. The van der Waals surface area contributed by atoms with Gasteiger partial charge in [0.15, 0.2) is 0 Å². The Hall–Kier alpha value is -1.02. The van der Waals surface area contributed by atoms with Crippen molar-refractivity contribution < 1.29 is 4.79 Å². The molecule has 1 aromatic carbocycles. The predicted molar refractivity (Wildman–Crippen MR) is 73.5 cm³/mol. The molecule has 0 unspecified atom stereocenters. The third kappa shape index (κ3) is 5.73. The molecule has 1 N–H and O–H groups in total. The van der Waals surface area contributed by atoms with Gasteiger partial charge in [0, 0.05) is 6.42 Å². The molecule has 0 saturated heterocycles. The van der Waals surface area contributed by atoms with E-state index in [0.29, 0.717) is 17.1 Å². The molecule has 3 heteroatoms. The van der Waals surface area contributed by atoms with E-state index < -0.39 is 0 Å². The molecule has 0 aliphatic carbocycles. The minimum Gasteiger partial charge on any atom is -0.325 e. The van der Waals surface area contributed by atoms with Gasteiger partial charge in [-0.25, -0.2) is 0 Å². The Bertz CT molecular complexity index is 352. The Morgan fingerprint density at radius 2 is 1.88 bits per heavy atom. The molecule has 0 radical (unpaired) electrons. The molecule has 17 heavy (non-hydrogen) atoms. The summed E-state index contributed by atoms with van der Waals surface area (Å²) in [5.41, 5.74) is 0.702. The van der Waals surface area contributed by atoms with Gasteiger partial charge in [0.2, 0.25) is 5.91 Å². The van der Waals surface area contributed by atoms with Crippen molar-refractivity contribution in [1.29, 1.82) is 0 Å². The van der Waals surface area contributed by atoms with Crippen molar-refractivity contribution in [3.8, 4) is 0 Å². The number of anilines is 1. The standard InChI is InChI=1S/C14H20ClNO/c1-2-3-4-5-6-11-14(17)16-13-10-8-7-9-12(13)15/h7-10H,2-6,11H2,1H3,(H,16,17). The van der Waals surface area contributed by atoms with Crippen LogP contribution in [0.3, 0.4) is 0 Å². The zero-order valence-corrected chi connectivity index (χ0v) is 11.1. The second-order valence-electron chi connectivity index (χ2n) is 4.19. The van der Waals surface area contributed by atoms with Crippen molar-refractivity contribution in [3.05, 3.63) is 29.3 Å². The van der Waals surface area contributed by atoms with Crippen molar-refractivity contribution in [2.75, 3.05) is 5.32 Å². The summed E-state index contributed by atoms with van der Waals surface area (Å²) in [5.74, 6) is 0.0506. The summed E-state index contributed by atoms with van der Waals surface area (Å²) in [6.07, 6.45) is 6.36. The van der Waals surface area contributed by atoms with Gasteiger partial charge in [-0.1, -0.05) is 56.3 Å². The highest BCUT2D eigenvalue weighted by molar-refractivity contribution is 6.33. The number of para-hydroxylation sites is 1. The number of nitrogens with one attached hydrogen (secondary N) is 1. The zero-order chi connectivity index (χ0) is 12.5. The lowest BCUT2D eigenvalue weighted by atomic mass is 10.1. The van der Waals surface area contributed by atoms with Crippen LogP contribution in [0.2, 0.25) is 5.02 Å². The second-order valence-corrected chi connectivity index (χ2v) is 4.60.